The van der Waals surface area contributed by atoms with Crippen molar-refractivity contribution in [3.8, 4) is 0 Å². The molecule has 1 N–H and O–H groups in total. The predicted octanol–water partition coefficient (Wildman–Crippen LogP) is 0.386. The zero-order valence-corrected chi connectivity index (χ0v) is 16.0. The third kappa shape index (κ3) is 4.35. The van der Waals surface area contributed by atoms with Crippen LogP contribution in [-0.4, -0.2) is 82.5 Å². The molecule has 3 aliphatic rings. The van der Waals surface area contributed by atoms with Crippen LogP contribution in [0, 0.1) is 12.8 Å². The van der Waals surface area contributed by atoms with Gasteiger partial charge in [-0.1, -0.05) is 0 Å². The van der Waals surface area contributed by atoms with E-state index in [0.29, 0.717) is 12.6 Å². The Bertz CT molecular complexity index is 633. The van der Waals surface area contributed by atoms with Gasteiger partial charge in [0, 0.05) is 45.8 Å². The molecule has 144 valence electrons. The topological polar surface area (TPSA) is 70.8 Å². The van der Waals surface area contributed by atoms with E-state index in [1.54, 1.807) is 0 Å². The Morgan fingerprint density at radius 3 is 2.69 bits per heavy atom. The Kier molecular flexibility index (Phi) is 5.40. The fraction of sp³-hybridized carbons (Fsp3) is 0.833. The minimum absolute atomic E-state index is 0.580. The monoisotopic (exact) mass is 361 g/mol. The van der Waals surface area contributed by atoms with Crippen LogP contribution in [0.4, 0.5) is 0 Å². The standard InChI is InChI=1S/C18H31N7O/c1-14-21-22-17(23(14)2)11-19-18(20-16-3-4-16)25-6-5-15(13-25)12-24-7-9-26-10-8-24/h15-16H,3-13H2,1-2H3,(H,19,20). The maximum absolute atomic E-state index is 5.47. The van der Waals surface area contributed by atoms with Crippen LogP contribution in [0.15, 0.2) is 4.99 Å². The first kappa shape index (κ1) is 17.7. The highest BCUT2D eigenvalue weighted by Crippen LogP contribution is 2.22. The molecule has 1 saturated carbocycles. The van der Waals surface area contributed by atoms with Gasteiger partial charge in [0.25, 0.3) is 0 Å². The molecule has 8 heteroatoms. The van der Waals surface area contributed by atoms with Gasteiger partial charge in [0.2, 0.25) is 0 Å². The van der Waals surface area contributed by atoms with E-state index < -0.39 is 0 Å². The molecule has 1 aromatic heterocycles. The lowest BCUT2D eigenvalue weighted by Gasteiger charge is -2.29. The number of morpholine rings is 1. The molecule has 1 aromatic rings. The lowest BCUT2D eigenvalue weighted by molar-refractivity contribution is 0.0315. The molecule has 0 aromatic carbocycles. The summed E-state index contributed by atoms with van der Waals surface area (Å²) in [5.41, 5.74) is 0. The van der Waals surface area contributed by atoms with Gasteiger partial charge in [-0.15, -0.1) is 10.2 Å². The number of aromatic nitrogens is 3. The maximum Gasteiger partial charge on any atom is 0.194 e. The molecule has 0 bridgehead atoms. The minimum Gasteiger partial charge on any atom is -0.379 e. The summed E-state index contributed by atoms with van der Waals surface area (Å²) in [6, 6.07) is 0.605. The zero-order chi connectivity index (χ0) is 17.9. The van der Waals surface area contributed by atoms with Crippen LogP contribution in [0.5, 0.6) is 0 Å². The van der Waals surface area contributed by atoms with Crippen molar-refractivity contribution in [1.82, 2.24) is 29.9 Å². The van der Waals surface area contributed by atoms with Crippen LogP contribution in [0.3, 0.4) is 0 Å². The predicted molar refractivity (Wildman–Crippen MR) is 100.0 cm³/mol. The molecule has 3 heterocycles. The molecular weight excluding hydrogens is 330 g/mol. The van der Waals surface area contributed by atoms with Gasteiger partial charge in [0.1, 0.15) is 12.4 Å². The average Bonchev–Trinajstić information content (AvgIpc) is 3.27. The molecule has 1 unspecified atom stereocenters. The summed E-state index contributed by atoms with van der Waals surface area (Å²) in [5, 5.41) is 12.0. The van der Waals surface area contributed by atoms with E-state index in [1.807, 2.05) is 18.5 Å². The molecule has 1 aliphatic carbocycles. The molecule has 26 heavy (non-hydrogen) atoms. The average molecular weight is 361 g/mol. The first-order chi connectivity index (χ1) is 12.7. The summed E-state index contributed by atoms with van der Waals surface area (Å²) >= 11 is 0. The van der Waals surface area contributed by atoms with Crippen molar-refractivity contribution >= 4 is 5.96 Å². The van der Waals surface area contributed by atoms with E-state index in [2.05, 4.69) is 25.3 Å². The van der Waals surface area contributed by atoms with E-state index in [4.69, 9.17) is 9.73 Å². The molecule has 3 fully saturated rings. The first-order valence-corrected chi connectivity index (χ1v) is 9.90. The third-order valence-corrected chi connectivity index (χ3v) is 5.67. The second-order valence-corrected chi connectivity index (χ2v) is 7.79. The number of aliphatic imine (C=N–C) groups is 1. The zero-order valence-electron chi connectivity index (χ0n) is 16.0. The largest absolute Gasteiger partial charge is 0.379 e. The van der Waals surface area contributed by atoms with Crippen molar-refractivity contribution in [3.63, 3.8) is 0 Å². The highest BCUT2D eigenvalue weighted by molar-refractivity contribution is 5.80. The van der Waals surface area contributed by atoms with Gasteiger partial charge >= 0.3 is 0 Å². The fourth-order valence-electron chi connectivity index (χ4n) is 3.70. The summed E-state index contributed by atoms with van der Waals surface area (Å²) in [5.74, 6) is 3.62. The maximum atomic E-state index is 5.47. The second-order valence-electron chi connectivity index (χ2n) is 7.79. The van der Waals surface area contributed by atoms with Crippen LogP contribution >= 0.6 is 0 Å². The van der Waals surface area contributed by atoms with Crippen LogP contribution in [0.25, 0.3) is 0 Å². The van der Waals surface area contributed by atoms with Crippen molar-refractivity contribution in [1.29, 1.82) is 0 Å². The van der Waals surface area contributed by atoms with Gasteiger partial charge in [0.15, 0.2) is 11.8 Å². The number of guanidine groups is 1. The van der Waals surface area contributed by atoms with Crippen molar-refractivity contribution in [2.24, 2.45) is 18.0 Å². The SMILES string of the molecule is Cc1nnc(CN=C(NC2CC2)N2CCC(CN3CCOCC3)C2)n1C. The molecule has 2 aliphatic heterocycles. The quantitative estimate of drug-likeness (QED) is 0.604. The number of rotatable bonds is 5. The van der Waals surface area contributed by atoms with Crippen LogP contribution in [0.2, 0.25) is 0 Å². The summed E-state index contributed by atoms with van der Waals surface area (Å²) in [4.78, 5) is 9.87. The number of hydrogen-bond donors (Lipinski definition) is 1. The fourth-order valence-corrected chi connectivity index (χ4v) is 3.70. The third-order valence-electron chi connectivity index (χ3n) is 5.67. The van der Waals surface area contributed by atoms with Crippen molar-refractivity contribution in [2.75, 3.05) is 45.9 Å². The van der Waals surface area contributed by atoms with Gasteiger partial charge in [-0.05, 0) is 32.1 Å². The van der Waals surface area contributed by atoms with Crippen molar-refractivity contribution in [3.05, 3.63) is 11.6 Å². The van der Waals surface area contributed by atoms with E-state index in [0.717, 1.165) is 62.9 Å². The Labute approximate surface area is 155 Å². The minimum atomic E-state index is 0.580. The highest BCUT2D eigenvalue weighted by Gasteiger charge is 2.30. The normalized spacial score (nSPS) is 25.1. The highest BCUT2D eigenvalue weighted by atomic mass is 16.5. The first-order valence-electron chi connectivity index (χ1n) is 9.90. The number of nitrogens with zero attached hydrogens (tertiary/aromatic N) is 6. The molecule has 4 rings (SSSR count). The molecule has 0 radical (unpaired) electrons. The van der Waals surface area contributed by atoms with Crippen LogP contribution < -0.4 is 5.32 Å². The van der Waals surface area contributed by atoms with Crippen molar-refractivity contribution < 1.29 is 4.74 Å². The number of aryl methyl sites for hydroxylation is 1. The molecular formula is C18H31N7O. The van der Waals surface area contributed by atoms with Crippen LogP contribution in [-0.2, 0) is 18.3 Å². The molecule has 0 amide bonds. The van der Waals surface area contributed by atoms with E-state index in [9.17, 15) is 0 Å². The molecule has 8 nitrogen and oxygen atoms in total. The van der Waals surface area contributed by atoms with Crippen LogP contribution in [0.1, 0.15) is 30.9 Å². The molecule has 2 saturated heterocycles. The van der Waals surface area contributed by atoms with Gasteiger partial charge in [-0.2, -0.15) is 0 Å². The lowest BCUT2D eigenvalue weighted by atomic mass is 10.1. The molecule has 0 spiro atoms. The van der Waals surface area contributed by atoms with Gasteiger partial charge in [0.05, 0.1) is 13.2 Å². The second kappa shape index (κ2) is 7.92. The summed E-state index contributed by atoms with van der Waals surface area (Å²) < 4.78 is 7.48. The summed E-state index contributed by atoms with van der Waals surface area (Å²) in [6.07, 6.45) is 3.76. The Morgan fingerprint density at radius 2 is 2.00 bits per heavy atom. The van der Waals surface area contributed by atoms with E-state index in [-0.39, 0.29) is 0 Å². The van der Waals surface area contributed by atoms with Crippen molar-refractivity contribution in [2.45, 2.75) is 38.8 Å². The number of nitrogens with one attached hydrogen (secondary N) is 1. The van der Waals surface area contributed by atoms with E-state index in [1.165, 1.54) is 25.8 Å². The lowest BCUT2D eigenvalue weighted by Crippen LogP contribution is -2.43. The Morgan fingerprint density at radius 1 is 1.19 bits per heavy atom. The summed E-state index contributed by atoms with van der Waals surface area (Å²) in [6.45, 7) is 9.81. The Hall–Kier alpha value is -1.67. The smallest absolute Gasteiger partial charge is 0.194 e. The summed E-state index contributed by atoms with van der Waals surface area (Å²) in [7, 11) is 2.00. The van der Waals surface area contributed by atoms with Gasteiger partial charge in [-0.3, -0.25) is 4.90 Å². The number of hydrogen-bond acceptors (Lipinski definition) is 5. The van der Waals surface area contributed by atoms with Gasteiger partial charge in [-0.25, -0.2) is 4.99 Å². The Balaban J connectivity index is 1.36. The van der Waals surface area contributed by atoms with E-state index >= 15 is 0 Å². The molecule has 1 atom stereocenters. The number of likely N-dealkylation sites (tertiary alicyclic amines) is 1. The van der Waals surface area contributed by atoms with Gasteiger partial charge < -0.3 is 19.5 Å². The number of ether oxygens (including phenoxy) is 1.